The molecule has 7 heteroatoms. The first-order chi connectivity index (χ1) is 11.3. The second-order valence-electron chi connectivity index (χ2n) is 5.90. The first-order valence-corrected chi connectivity index (χ1v) is 7.63. The fraction of sp³-hybridized carbons (Fsp3) is 0.353. The predicted molar refractivity (Wildman–Crippen MR) is 86.7 cm³/mol. The maximum atomic E-state index is 12.9. The normalized spacial score (nSPS) is 12.0. The molecule has 24 heavy (non-hydrogen) atoms. The summed E-state index contributed by atoms with van der Waals surface area (Å²) in [5.41, 5.74) is 0.670. The Morgan fingerprint density at radius 2 is 1.92 bits per heavy atom. The molecule has 0 aliphatic heterocycles. The van der Waals surface area contributed by atoms with E-state index in [0.29, 0.717) is 17.1 Å². The lowest BCUT2D eigenvalue weighted by Crippen LogP contribution is -2.47. The van der Waals surface area contributed by atoms with Gasteiger partial charge in [-0.15, -0.1) is 0 Å². The molecule has 2 aromatic rings. The van der Waals surface area contributed by atoms with Gasteiger partial charge in [-0.3, -0.25) is 9.59 Å². The lowest BCUT2D eigenvalue weighted by atomic mass is 10.0. The summed E-state index contributed by atoms with van der Waals surface area (Å²) in [6.07, 6.45) is 0.0693. The first-order valence-electron chi connectivity index (χ1n) is 7.63. The van der Waals surface area contributed by atoms with Crippen LogP contribution in [0.3, 0.4) is 0 Å². The van der Waals surface area contributed by atoms with E-state index in [1.165, 1.54) is 24.3 Å². The van der Waals surface area contributed by atoms with Crippen molar-refractivity contribution >= 4 is 17.6 Å². The Morgan fingerprint density at radius 3 is 2.46 bits per heavy atom. The van der Waals surface area contributed by atoms with Gasteiger partial charge in [0.05, 0.1) is 6.42 Å². The molecule has 0 unspecified atom stereocenters. The second kappa shape index (κ2) is 7.72. The number of aryl methyl sites for hydroxylation is 1. The van der Waals surface area contributed by atoms with Gasteiger partial charge in [0.25, 0.3) is 0 Å². The highest BCUT2D eigenvalue weighted by Crippen LogP contribution is 2.11. The molecule has 0 aliphatic rings. The van der Waals surface area contributed by atoms with Crippen LogP contribution in [-0.4, -0.2) is 23.0 Å². The molecule has 6 nitrogen and oxygen atoms in total. The van der Waals surface area contributed by atoms with Crippen LogP contribution in [0.25, 0.3) is 0 Å². The zero-order valence-corrected chi connectivity index (χ0v) is 13.8. The molecular formula is C17H20FN3O3. The Balaban J connectivity index is 1.97. The van der Waals surface area contributed by atoms with Crippen molar-refractivity contribution in [3.05, 3.63) is 47.5 Å². The standard InChI is InChI=1S/C17H20FN3O3/c1-10(2)16(17(23)19-14-8-11(3)24-21-14)20-15(22)9-12-4-6-13(18)7-5-12/h4-8,10,16H,9H2,1-3H3,(H,20,22)(H,19,21,23)/t16-/m0/s1. The van der Waals surface area contributed by atoms with E-state index < -0.39 is 6.04 Å². The number of hydrogen-bond donors (Lipinski definition) is 2. The second-order valence-corrected chi connectivity index (χ2v) is 5.90. The molecule has 0 saturated carbocycles. The Labute approximate surface area is 139 Å². The number of hydrogen-bond acceptors (Lipinski definition) is 4. The van der Waals surface area contributed by atoms with E-state index in [9.17, 15) is 14.0 Å². The SMILES string of the molecule is Cc1cc(NC(=O)[C@@H](NC(=O)Cc2ccc(F)cc2)C(C)C)no1. The van der Waals surface area contributed by atoms with Gasteiger partial charge in [-0.05, 0) is 30.5 Å². The number of nitrogens with one attached hydrogen (secondary N) is 2. The van der Waals surface area contributed by atoms with E-state index in [4.69, 9.17) is 4.52 Å². The van der Waals surface area contributed by atoms with Gasteiger partial charge < -0.3 is 15.2 Å². The van der Waals surface area contributed by atoms with Crippen LogP contribution < -0.4 is 10.6 Å². The molecule has 1 atom stereocenters. The van der Waals surface area contributed by atoms with Crippen molar-refractivity contribution in [2.75, 3.05) is 5.32 Å². The fourth-order valence-corrected chi connectivity index (χ4v) is 2.18. The van der Waals surface area contributed by atoms with Gasteiger partial charge in [0.1, 0.15) is 17.6 Å². The highest BCUT2D eigenvalue weighted by atomic mass is 19.1. The van der Waals surface area contributed by atoms with E-state index in [2.05, 4.69) is 15.8 Å². The predicted octanol–water partition coefficient (Wildman–Crippen LogP) is 2.44. The van der Waals surface area contributed by atoms with Crippen LogP contribution in [0.15, 0.2) is 34.9 Å². The molecule has 1 heterocycles. The zero-order valence-electron chi connectivity index (χ0n) is 13.8. The quantitative estimate of drug-likeness (QED) is 0.850. The maximum absolute atomic E-state index is 12.9. The van der Waals surface area contributed by atoms with Crippen molar-refractivity contribution in [1.29, 1.82) is 0 Å². The number of amides is 2. The van der Waals surface area contributed by atoms with Gasteiger partial charge in [-0.1, -0.05) is 31.1 Å². The Bertz CT molecular complexity index is 710. The van der Waals surface area contributed by atoms with Crippen molar-refractivity contribution in [3.8, 4) is 0 Å². The van der Waals surface area contributed by atoms with Crippen LogP contribution in [-0.2, 0) is 16.0 Å². The molecule has 1 aromatic heterocycles. The Kier molecular flexibility index (Phi) is 5.68. The maximum Gasteiger partial charge on any atom is 0.248 e. The van der Waals surface area contributed by atoms with Crippen molar-refractivity contribution in [1.82, 2.24) is 10.5 Å². The molecule has 128 valence electrons. The minimum Gasteiger partial charge on any atom is -0.360 e. The van der Waals surface area contributed by atoms with Gasteiger partial charge >= 0.3 is 0 Å². The minimum absolute atomic E-state index is 0.0693. The van der Waals surface area contributed by atoms with Crippen LogP contribution in [0, 0.1) is 18.7 Å². The topological polar surface area (TPSA) is 84.2 Å². The number of carbonyl (C=O) groups is 2. The molecule has 0 fully saturated rings. The van der Waals surface area contributed by atoms with Gasteiger partial charge in [-0.2, -0.15) is 0 Å². The summed E-state index contributed by atoms with van der Waals surface area (Å²) in [6.45, 7) is 5.37. The fourth-order valence-electron chi connectivity index (χ4n) is 2.18. The van der Waals surface area contributed by atoms with Crippen molar-refractivity contribution in [2.45, 2.75) is 33.2 Å². The lowest BCUT2D eigenvalue weighted by Gasteiger charge is -2.21. The molecule has 0 aliphatic carbocycles. The van der Waals surface area contributed by atoms with Crippen LogP contribution in [0.2, 0.25) is 0 Å². The monoisotopic (exact) mass is 333 g/mol. The summed E-state index contributed by atoms with van der Waals surface area (Å²) < 4.78 is 17.8. The first kappa shape index (κ1) is 17.7. The average Bonchev–Trinajstić information content (AvgIpc) is 2.92. The van der Waals surface area contributed by atoms with Crippen LogP contribution >= 0.6 is 0 Å². The molecule has 2 N–H and O–H groups in total. The highest BCUT2D eigenvalue weighted by molar-refractivity contribution is 5.96. The molecule has 0 spiro atoms. The summed E-state index contributed by atoms with van der Waals surface area (Å²) in [5.74, 6) is -0.281. The van der Waals surface area contributed by atoms with Crippen molar-refractivity contribution in [3.63, 3.8) is 0 Å². The molecule has 1 aromatic carbocycles. The number of halogens is 1. The largest absolute Gasteiger partial charge is 0.360 e. The lowest BCUT2D eigenvalue weighted by molar-refractivity contribution is -0.127. The van der Waals surface area contributed by atoms with E-state index in [0.717, 1.165) is 0 Å². The third kappa shape index (κ3) is 4.91. The third-order valence-electron chi connectivity index (χ3n) is 3.42. The number of nitrogens with zero attached hydrogens (tertiary/aromatic N) is 1. The van der Waals surface area contributed by atoms with Crippen LogP contribution in [0.1, 0.15) is 25.2 Å². The van der Waals surface area contributed by atoms with E-state index in [1.807, 2.05) is 13.8 Å². The smallest absolute Gasteiger partial charge is 0.248 e. The van der Waals surface area contributed by atoms with Gasteiger partial charge in [-0.25, -0.2) is 4.39 Å². The molecule has 0 radical (unpaired) electrons. The highest BCUT2D eigenvalue weighted by Gasteiger charge is 2.25. The Hall–Kier alpha value is -2.70. The summed E-state index contributed by atoms with van der Waals surface area (Å²) in [6, 6.07) is 6.55. The number of anilines is 1. The Morgan fingerprint density at radius 1 is 1.25 bits per heavy atom. The van der Waals surface area contributed by atoms with Gasteiger partial charge in [0, 0.05) is 6.07 Å². The van der Waals surface area contributed by atoms with Crippen LogP contribution in [0.5, 0.6) is 0 Å². The molecule has 2 rings (SSSR count). The van der Waals surface area contributed by atoms with Crippen molar-refractivity contribution < 1.29 is 18.5 Å². The summed E-state index contributed by atoms with van der Waals surface area (Å²) in [7, 11) is 0. The van der Waals surface area contributed by atoms with E-state index in [1.54, 1.807) is 13.0 Å². The van der Waals surface area contributed by atoms with Crippen LogP contribution in [0.4, 0.5) is 10.2 Å². The number of benzene rings is 1. The molecule has 0 saturated heterocycles. The minimum atomic E-state index is -0.713. The summed E-state index contributed by atoms with van der Waals surface area (Å²) >= 11 is 0. The summed E-state index contributed by atoms with van der Waals surface area (Å²) in [4.78, 5) is 24.5. The zero-order chi connectivity index (χ0) is 17.7. The van der Waals surface area contributed by atoms with E-state index in [-0.39, 0.29) is 30.0 Å². The average molecular weight is 333 g/mol. The number of rotatable bonds is 6. The van der Waals surface area contributed by atoms with Gasteiger partial charge in [0.2, 0.25) is 11.8 Å². The molecule has 0 bridgehead atoms. The van der Waals surface area contributed by atoms with Gasteiger partial charge in [0.15, 0.2) is 5.82 Å². The van der Waals surface area contributed by atoms with E-state index >= 15 is 0 Å². The number of aromatic nitrogens is 1. The molecular weight excluding hydrogens is 313 g/mol. The van der Waals surface area contributed by atoms with Crippen molar-refractivity contribution in [2.24, 2.45) is 5.92 Å². The molecule has 2 amide bonds. The number of carbonyl (C=O) groups excluding carboxylic acids is 2. The summed E-state index contributed by atoms with van der Waals surface area (Å²) in [5, 5.41) is 9.01. The third-order valence-corrected chi connectivity index (χ3v) is 3.42.